The minimum atomic E-state index is 0.498. The van der Waals surface area contributed by atoms with E-state index >= 15 is 0 Å². The van der Waals surface area contributed by atoms with Crippen molar-refractivity contribution < 1.29 is 0 Å². The molecule has 0 amide bonds. The molecule has 1 aromatic carbocycles. The topological polar surface area (TPSA) is 101 Å². The van der Waals surface area contributed by atoms with Gasteiger partial charge in [0.2, 0.25) is 5.95 Å². The molecule has 0 aliphatic heterocycles. The third kappa shape index (κ3) is 1.45. The molecule has 3 aromatic heterocycles. The second-order valence-corrected chi connectivity index (χ2v) is 5.48. The van der Waals surface area contributed by atoms with Crippen molar-refractivity contribution in [3.8, 4) is 5.95 Å². The summed E-state index contributed by atoms with van der Waals surface area (Å²) in [5.41, 5.74) is 9.65. The number of imidazole rings is 1. The van der Waals surface area contributed by atoms with Gasteiger partial charge in [0.05, 0.1) is 22.1 Å². The van der Waals surface area contributed by atoms with E-state index in [0.29, 0.717) is 17.7 Å². The van der Waals surface area contributed by atoms with Crippen LogP contribution in [-0.2, 0) is 0 Å². The summed E-state index contributed by atoms with van der Waals surface area (Å²) in [6.45, 7) is 0. The van der Waals surface area contributed by atoms with Gasteiger partial charge in [-0.25, -0.2) is 4.98 Å². The first-order valence-corrected chi connectivity index (χ1v) is 6.99. The molecule has 5 rings (SSSR count). The number of anilines is 1. The molecule has 0 saturated heterocycles. The number of benzene rings is 1. The van der Waals surface area contributed by atoms with Crippen LogP contribution < -0.4 is 5.73 Å². The summed E-state index contributed by atoms with van der Waals surface area (Å²) in [6.07, 6.45) is 2.33. The first kappa shape index (κ1) is 10.9. The van der Waals surface area contributed by atoms with Crippen LogP contribution in [0.3, 0.4) is 0 Å². The summed E-state index contributed by atoms with van der Waals surface area (Å²) in [5, 5.41) is 12.8. The molecule has 0 unspecified atom stereocenters. The molecule has 1 saturated carbocycles. The van der Waals surface area contributed by atoms with Gasteiger partial charge in [0.1, 0.15) is 5.82 Å². The van der Waals surface area contributed by atoms with Crippen LogP contribution >= 0.6 is 0 Å². The lowest BCUT2D eigenvalue weighted by Crippen LogP contribution is -2.00. The van der Waals surface area contributed by atoms with Crippen molar-refractivity contribution in [1.82, 2.24) is 29.9 Å². The zero-order valence-corrected chi connectivity index (χ0v) is 11.2. The Morgan fingerprint density at radius 3 is 2.90 bits per heavy atom. The first-order valence-electron chi connectivity index (χ1n) is 6.99. The Morgan fingerprint density at radius 2 is 2.10 bits per heavy atom. The van der Waals surface area contributed by atoms with Crippen LogP contribution in [0.4, 0.5) is 5.82 Å². The predicted molar refractivity (Wildman–Crippen MR) is 79.3 cm³/mol. The van der Waals surface area contributed by atoms with E-state index < -0.39 is 0 Å². The molecule has 1 aliphatic rings. The fourth-order valence-electron chi connectivity index (χ4n) is 2.79. The van der Waals surface area contributed by atoms with Crippen molar-refractivity contribution in [2.75, 3.05) is 5.73 Å². The van der Waals surface area contributed by atoms with Crippen LogP contribution in [0.1, 0.15) is 24.5 Å². The molecule has 0 radical (unpaired) electrons. The van der Waals surface area contributed by atoms with E-state index in [9.17, 15) is 0 Å². The zero-order valence-electron chi connectivity index (χ0n) is 11.2. The third-order valence-corrected chi connectivity index (χ3v) is 3.98. The van der Waals surface area contributed by atoms with Crippen LogP contribution in [-0.4, -0.2) is 29.9 Å². The minimum absolute atomic E-state index is 0.498. The Balaban J connectivity index is 1.80. The van der Waals surface area contributed by atoms with E-state index in [1.165, 1.54) is 0 Å². The van der Waals surface area contributed by atoms with Crippen molar-refractivity contribution in [2.45, 2.75) is 18.8 Å². The van der Waals surface area contributed by atoms with Crippen LogP contribution in [0, 0.1) is 0 Å². The zero-order chi connectivity index (χ0) is 14.0. The monoisotopic (exact) mass is 279 g/mol. The molecule has 0 bridgehead atoms. The summed E-state index contributed by atoms with van der Waals surface area (Å²) >= 11 is 0. The van der Waals surface area contributed by atoms with Crippen molar-refractivity contribution >= 4 is 27.9 Å². The molecule has 0 spiro atoms. The number of hydrogen-bond donors (Lipinski definition) is 3. The molecule has 7 heteroatoms. The van der Waals surface area contributed by atoms with Crippen LogP contribution in [0.5, 0.6) is 0 Å². The van der Waals surface area contributed by atoms with E-state index in [0.717, 1.165) is 40.6 Å². The quantitative estimate of drug-likeness (QED) is 0.523. The smallest absolute Gasteiger partial charge is 0.231 e. The van der Waals surface area contributed by atoms with Crippen molar-refractivity contribution in [2.24, 2.45) is 0 Å². The van der Waals surface area contributed by atoms with Gasteiger partial charge >= 0.3 is 0 Å². The number of para-hydroxylation sites is 2. The molecule has 3 heterocycles. The van der Waals surface area contributed by atoms with Gasteiger partial charge < -0.3 is 10.7 Å². The molecule has 4 aromatic rings. The standard InChI is InChI=1S/C14H13N7/c15-12-10-11(7-5-6-7)20-21(13(10)19-18-12)14-16-8-3-1-2-4-9(8)17-14/h1-4,7H,5-6H2,(H,16,17)(H3,15,18,19). The molecular formula is C14H13N7. The Hall–Kier alpha value is -2.83. The van der Waals surface area contributed by atoms with Crippen LogP contribution in [0.2, 0.25) is 0 Å². The highest BCUT2D eigenvalue weighted by Crippen LogP contribution is 2.43. The van der Waals surface area contributed by atoms with Gasteiger partial charge in [-0.3, -0.25) is 5.10 Å². The highest BCUT2D eigenvalue weighted by molar-refractivity contribution is 5.90. The Morgan fingerprint density at radius 1 is 1.24 bits per heavy atom. The highest BCUT2D eigenvalue weighted by atomic mass is 15.4. The van der Waals surface area contributed by atoms with Gasteiger partial charge in [-0.1, -0.05) is 12.1 Å². The van der Waals surface area contributed by atoms with Gasteiger partial charge in [-0.15, -0.1) is 0 Å². The molecule has 1 fully saturated rings. The van der Waals surface area contributed by atoms with Gasteiger partial charge in [-0.05, 0) is 25.0 Å². The first-order chi connectivity index (χ1) is 10.3. The fourth-order valence-corrected chi connectivity index (χ4v) is 2.79. The van der Waals surface area contributed by atoms with Crippen molar-refractivity contribution in [3.05, 3.63) is 30.0 Å². The number of rotatable bonds is 2. The number of aromatic nitrogens is 6. The molecule has 0 atom stereocenters. The second-order valence-electron chi connectivity index (χ2n) is 5.48. The Kier molecular flexibility index (Phi) is 1.88. The number of nitrogens with zero attached hydrogens (tertiary/aromatic N) is 4. The maximum atomic E-state index is 6.01. The fraction of sp³-hybridized carbons (Fsp3) is 0.214. The van der Waals surface area contributed by atoms with E-state index in [-0.39, 0.29) is 0 Å². The second kappa shape index (κ2) is 3.63. The van der Waals surface area contributed by atoms with Crippen molar-refractivity contribution in [1.29, 1.82) is 0 Å². The number of nitrogens with one attached hydrogen (secondary N) is 2. The van der Waals surface area contributed by atoms with E-state index in [2.05, 4.69) is 20.2 Å². The summed E-state index contributed by atoms with van der Waals surface area (Å²) in [5.74, 6) is 1.74. The number of hydrogen-bond acceptors (Lipinski definition) is 4. The molecule has 4 N–H and O–H groups in total. The molecule has 21 heavy (non-hydrogen) atoms. The van der Waals surface area contributed by atoms with E-state index in [1.807, 2.05) is 24.3 Å². The number of H-pyrrole nitrogens is 2. The lowest BCUT2D eigenvalue weighted by molar-refractivity contribution is 0.804. The van der Waals surface area contributed by atoms with Crippen molar-refractivity contribution in [3.63, 3.8) is 0 Å². The van der Waals surface area contributed by atoms with Gasteiger partial charge in [0.25, 0.3) is 0 Å². The number of aromatic amines is 2. The Bertz CT molecular complexity index is 937. The maximum absolute atomic E-state index is 6.01. The molecule has 7 nitrogen and oxygen atoms in total. The third-order valence-electron chi connectivity index (χ3n) is 3.98. The average Bonchev–Trinajstić information content (AvgIpc) is 2.97. The minimum Gasteiger partial charge on any atom is -0.383 e. The molecule has 104 valence electrons. The SMILES string of the molecule is Nc1[nH]nc2c1c(C1CC1)nn2-c1nc2ccccc2[nH]1. The molecule has 1 aliphatic carbocycles. The summed E-state index contributed by atoms with van der Waals surface area (Å²) in [6, 6.07) is 7.91. The average molecular weight is 279 g/mol. The summed E-state index contributed by atoms with van der Waals surface area (Å²) in [7, 11) is 0. The Labute approximate surface area is 119 Å². The van der Waals surface area contributed by atoms with Crippen LogP contribution in [0.15, 0.2) is 24.3 Å². The normalized spacial score (nSPS) is 15.2. The predicted octanol–water partition coefficient (Wildman–Crippen LogP) is 2.08. The van der Waals surface area contributed by atoms with Crippen LogP contribution in [0.25, 0.3) is 28.0 Å². The number of nitrogens with two attached hydrogens (primary N) is 1. The highest BCUT2D eigenvalue weighted by Gasteiger charge is 2.32. The summed E-state index contributed by atoms with van der Waals surface area (Å²) < 4.78 is 1.75. The summed E-state index contributed by atoms with van der Waals surface area (Å²) in [4.78, 5) is 7.87. The number of nitrogen functional groups attached to an aromatic ring is 1. The largest absolute Gasteiger partial charge is 0.383 e. The van der Waals surface area contributed by atoms with Gasteiger partial charge in [0, 0.05) is 5.92 Å². The van der Waals surface area contributed by atoms with E-state index in [1.54, 1.807) is 4.68 Å². The van der Waals surface area contributed by atoms with Gasteiger partial charge in [-0.2, -0.15) is 14.9 Å². The number of fused-ring (bicyclic) bond motifs is 2. The molecular weight excluding hydrogens is 266 g/mol. The van der Waals surface area contributed by atoms with E-state index in [4.69, 9.17) is 10.8 Å². The van der Waals surface area contributed by atoms with Gasteiger partial charge in [0.15, 0.2) is 5.65 Å². The lowest BCUT2D eigenvalue weighted by atomic mass is 10.2. The lowest BCUT2D eigenvalue weighted by Gasteiger charge is -1.95. The maximum Gasteiger partial charge on any atom is 0.231 e.